The van der Waals surface area contributed by atoms with Gasteiger partial charge in [0.25, 0.3) is 0 Å². The third kappa shape index (κ3) is 4.19. The van der Waals surface area contributed by atoms with Gasteiger partial charge in [0.1, 0.15) is 11.6 Å². The van der Waals surface area contributed by atoms with Crippen LogP contribution < -0.4 is 10.5 Å². The summed E-state index contributed by atoms with van der Waals surface area (Å²) in [5.74, 6) is 0.279. The van der Waals surface area contributed by atoms with Gasteiger partial charge in [0.15, 0.2) is 17.0 Å². The molecule has 0 radical (unpaired) electrons. The van der Waals surface area contributed by atoms with E-state index >= 15 is 0 Å². The van der Waals surface area contributed by atoms with E-state index in [9.17, 15) is 4.39 Å². The molecule has 2 fully saturated rings. The van der Waals surface area contributed by atoms with Crippen LogP contribution in [0.4, 0.5) is 10.2 Å². The summed E-state index contributed by atoms with van der Waals surface area (Å²) in [6, 6.07) is 10.6. The van der Waals surface area contributed by atoms with E-state index in [1.54, 1.807) is 6.20 Å². The van der Waals surface area contributed by atoms with Crippen molar-refractivity contribution in [1.29, 1.82) is 0 Å². The van der Waals surface area contributed by atoms with Gasteiger partial charge in [0.05, 0.1) is 32.1 Å². The van der Waals surface area contributed by atoms with Crippen LogP contribution in [-0.2, 0) is 17.8 Å². The fraction of sp³-hybridized carbons (Fsp3) is 0.360. The van der Waals surface area contributed by atoms with Crippen LogP contribution in [0.5, 0.6) is 6.01 Å². The highest BCUT2D eigenvalue weighted by atomic mass is 19.1. The minimum atomic E-state index is -0.444. The van der Waals surface area contributed by atoms with Crippen molar-refractivity contribution in [3.05, 3.63) is 59.7 Å². The molecule has 0 aliphatic carbocycles. The second-order valence-corrected chi connectivity index (χ2v) is 9.00. The third-order valence-electron chi connectivity index (χ3n) is 6.60. The predicted octanol–water partition coefficient (Wildman–Crippen LogP) is 3.03. The number of benzene rings is 1. The van der Waals surface area contributed by atoms with E-state index in [-0.39, 0.29) is 11.8 Å². The molecule has 180 valence electrons. The van der Waals surface area contributed by atoms with E-state index in [1.165, 1.54) is 11.6 Å². The maximum Gasteiger partial charge on any atom is 0.320 e. The third-order valence-corrected chi connectivity index (χ3v) is 6.60. The lowest BCUT2D eigenvalue weighted by atomic mass is 10.1. The zero-order chi connectivity index (χ0) is 23.9. The van der Waals surface area contributed by atoms with Gasteiger partial charge >= 0.3 is 6.01 Å². The monoisotopic (exact) mass is 475 g/mol. The number of aromatic nitrogens is 5. The second-order valence-electron chi connectivity index (χ2n) is 9.00. The largest absolute Gasteiger partial charge is 0.464 e. The molecule has 2 bridgehead atoms. The van der Waals surface area contributed by atoms with Gasteiger partial charge in [-0.2, -0.15) is 9.97 Å². The normalized spacial score (nSPS) is 19.6. The number of pyridine rings is 1. The van der Waals surface area contributed by atoms with Crippen molar-refractivity contribution in [1.82, 2.24) is 29.4 Å². The van der Waals surface area contributed by atoms with Gasteiger partial charge in [-0.3, -0.25) is 9.88 Å². The maximum atomic E-state index is 14.0. The van der Waals surface area contributed by atoms with Crippen molar-refractivity contribution in [3.8, 4) is 17.4 Å². The molecule has 1 aromatic carbocycles. The van der Waals surface area contributed by atoms with Gasteiger partial charge in [-0.25, -0.2) is 9.37 Å². The van der Waals surface area contributed by atoms with Gasteiger partial charge in [-0.05, 0) is 30.5 Å². The molecule has 0 unspecified atom stereocenters. The summed E-state index contributed by atoms with van der Waals surface area (Å²) in [5, 5.41) is 0. The molecule has 0 amide bonds. The van der Waals surface area contributed by atoms with E-state index in [4.69, 9.17) is 15.2 Å². The number of ether oxygens (including phenoxy) is 2. The lowest BCUT2D eigenvalue weighted by Crippen LogP contribution is -2.36. The van der Waals surface area contributed by atoms with Gasteiger partial charge < -0.3 is 19.8 Å². The minimum absolute atomic E-state index is 0.182. The summed E-state index contributed by atoms with van der Waals surface area (Å²) in [5.41, 5.74) is 10.00. The highest BCUT2D eigenvalue weighted by Gasteiger charge is 2.38. The van der Waals surface area contributed by atoms with E-state index in [2.05, 4.69) is 49.1 Å². The van der Waals surface area contributed by atoms with Gasteiger partial charge in [-0.15, -0.1) is 0 Å². The smallest absolute Gasteiger partial charge is 0.320 e. The Morgan fingerprint density at radius 2 is 1.91 bits per heavy atom. The average molecular weight is 476 g/mol. The van der Waals surface area contributed by atoms with Crippen LogP contribution in [0.25, 0.3) is 22.6 Å². The summed E-state index contributed by atoms with van der Waals surface area (Å²) >= 11 is 0. The lowest BCUT2D eigenvalue weighted by Gasteiger charge is -2.26. The Labute approximate surface area is 201 Å². The van der Waals surface area contributed by atoms with Crippen LogP contribution in [0.2, 0.25) is 0 Å². The second kappa shape index (κ2) is 8.86. The molecule has 35 heavy (non-hydrogen) atoms. The van der Waals surface area contributed by atoms with E-state index in [1.807, 2.05) is 11.5 Å². The molecule has 5 heterocycles. The molecular weight excluding hydrogens is 449 g/mol. The standard InChI is InChI=1S/C25H26FN7O2/c1-2-34-25-30-22(27)21-24(31-25)33(23(29-21)17-7-18(26)10-28-9-17)12-16-5-3-15(4-6-16)11-32-13-20-8-19(32)14-35-20/h3-7,9-10,19-20H,2,8,11-14H2,1H3,(H2,27,30,31)/t19-,20-/m0/s1. The SMILES string of the molecule is CCOc1nc(N)c2nc(-c3cncc(F)c3)n(Cc3ccc(CN4C[C@@H]5C[C@H]4CO5)cc3)c2n1. The molecule has 2 atom stereocenters. The maximum absolute atomic E-state index is 14.0. The first-order valence-electron chi connectivity index (χ1n) is 11.8. The van der Waals surface area contributed by atoms with Crippen molar-refractivity contribution in [3.63, 3.8) is 0 Å². The summed E-state index contributed by atoms with van der Waals surface area (Å²) in [6.07, 6.45) is 4.26. The number of anilines is 1. The molecular formula is C25H26FN7O2. The number of fused-ring (bicyclic) bond motifs is 3. The van der Waals surface area contributed by atoms with Crippen molar-refractivity contribution < 1.29 is 13.9 Å². The molecule has 3 aromatic heterocycles. The van der Waals surface area contributed by atoms with Crippen LogP contribution >= 0.6 is 0 Å². The Balaban J connectivity index is 1.34. The Bertz CT molecular complexity index is 1370. The van der Waals surface area contributed by atoms with Crippen molar-refractivity contribution in [2.45, 2.75) is 38.6 Å². The molecule has 2 aliphatic rings. The number of morpholine rings is 1. The van der Waals surface area contributed by atoms with Gasteiger partial charge in [0.2, 0.25) is 0 Å². The number of hydrogen-bond acceptors (Lipinski definition) is 8. The van der Waals surface area contributed by atoms with Crippen LogP contribution in [0.3, 0.4) is 0 Å². The van der Waals surface area contributed by atoms with Crippen LogP contribution in [0.1, 0.15) is 24.5 Å². The number of nitrogens with two attached hydrogens (primary N) is 1. The first-order valence-corrected chi connectivity index (χ1v) is 11.8. The molecule has 2 saturated heterocycles. The quantitative estimate of drug-likeness (QED) is 0.435. The van der Waals surface area contributed by atoms with Crippen molar-refractivity contribution in [2.75, 3.05) is 25.5 Å². The molecule has 2 aliphatic heterocycles. The summed E-state index contributed by atoms with van der Waals surface area (Å²) in [7, 11) is 0. The molecule has 10 heteroatoms. The average Bonchev–Trinajstić information content (AvgIpc) is 3.56. The fourth-order valence-corrected chi connectivity index (χ4v) is 4.94. The number of hydrogen-bond donors (Lipinski definition) is 1. The highest BCUT2D eigenvalue weighted by molar-refractivity contribution is 5.85. The van der Waals surface area contributed by atoms with Crippen LogP contribution in [-0.4, -0.2) is 61.3 Å². The number of rotatable bonds is 7. The number of nitrogen functional groups attached to an aromatic ring is 1. The van der Waals surface area contributed by atoms with Crippen LogP contribution in [0, 0.1) is 5.82 Å². The molecule has 0 spiro atoms. The summed E-state index contributed by atoms with van der Waals surface area (Å²) in [4.78, 5) is 19.9. The number of nitrogens with zero attached hydrogens (tertiary/aromatic N) is 6. The molecule has 6 rings (SSSR count). The first-order chi connectivity index (χ1) is 17.1. The fourth-order valence-electron chi connectivity index (χ4n) is 4.94. The molecule has 4 aromatic rings. The van der Waals surface area contributed by atoms with E-state index < -0.39 is 5.82 Å². The zero-order valence-corrected chi connectivity index (χ0v) is 19.4. The minimum Gasteiger partial charge on any atom is -0.464 e. The van der Waals surface area contributed by atoms with E-state index in [0.717, 1.165) is 37.9 Å². The Hall–Kier alpha value is -3.63. The zero-order valence-electron chi connectivity index (χ0n) is 19.4. The lowest BCUT2D eigenvalue weighted by molar-refractivity contribution is 0.0273. The molecule has 9 nitrogen and oxygen atoms in total. The number of imidazole rings is 1. The molecule has 2 N–H and O–H groups in total. The Morgan fingerprint density at radius 3 is 2.60 bits per heavy atom. The summed E-state index contributed by atoms with van der Waals surface area (Å²) < 4.78 is 27.1. The predicted molar refractivity (Wildman–Crippen MR) is 128 cm³/mol. The Kier molecular flexibility index (Phi) is 5.54. The van der Waals surface area contributed by atoms with Crippen LogP contribution in [0.15, 0.2) is 42.7 Å². The highest BCUT2D eigenvalue weighted by Crippen LogP contribution is 2.30. The van der Waals surface area contributed by atoms with Gasteiger partial charge in [0, 0.05) is 30.9 Å². The van der Waals surface area contributed by atoms with Crippen molar-refractivity contribution >= 4 is 17.0 Å². The first kappa shape index (κ1) is 21.9. The van der Waals surface area contributed by atoms with Gasteiger partial charge in [-0.1, -0.05) is 24.3 Å². The number of likely N-dealkylation sites (tertiary alicyclic amines) is 1. The topological polar surface area (TPSA) is 104 Å². The van der Waals surface area contributed by atoms with Crippen molar-refractivity contribution in [2.24, 2.45) is 0 Å². The number of halogens is 1. The Morgan fingerprint density at radius 1 is 1.11 bits per heavy atom. The summed E-state index contributed by atoms with van der Waals surface area (Å²) in [6.45, 7) is 5.48. The molecule has 0 saturated carbocycles. The van der Waals surface area contributed by atoms with E-state index in [0.29, 0.717) is 47.8 Å².